The van der Waals surface area contributed by atoms with Crippen LogP contribution in [0.4, 0.5) is 0 Å². The van der Waals surface area contributed by atoms with E-state index in [1.54, 1.807) is 0 Å². The summed E-state index contributed by atoms with van der Waals surface area (Å²) in [5.41, 5.74) is 0. The second-order valence-corrected chi connectivity index (χ2v) is 24.9. The van der Waals surface area contributed by atoms with Crippen molar-refractivity contribution < 1.29 is 28.6 Å². The number of allylic oxidation sites excluding steroid dienone is 8. The quantitative estimate of drug-likeness (QED) is 0.0261. The smallest absolute Gasteiger partial charge is 0.306 e. The summed E-state index contributed by atoms with van der Waals surface area (Å²) in [4.78, 5) is 38.5. The third-order valence-corrected chi connectivity index (χ3v) is 16.6. The molecule has 0 spiro atoms. The molecule has 0 bridgehead atoms. The molecule has 0 saturated carbocycles. The Bertz CT molecular complexity index is 1410. The van der Waals surface area contributed by atoms with Gasteiger partial charge in [-0.05, 0) is 83.5 Å². The van der Waals surface area contributed by atoms with E-state index in [4.69, 9.17) is 14.2 Å². The summed E-state index contributed by atoms with van der Waals surface area (Å²) in [6.07, 6.45) is 90.0. The Morgan fingerprint density at radius 1 is 0.244 bits per heavy atom. The van der Waals surface area contributed by atoms with Gasteiger partial charge < -0.3 is 14.2 Å². The molecule has 0 rings (SSSR count). The Balaban J connectivity index is 4.29. The van der Waals surface area contributed by atoms with E-state index in [0.717, 1.165) is 83.5 Å². The zero-order valence-corrected chi connectivity index (χ0v) is 55.3. The number of rotatable bonds is 68. The second kappa shape index (κ2) is 70.9. The van der Waals surface area contributed by atoms with Crippen molar-refractivity contribution in [2.24, 2.45) is 0 Å². The molecule has 0 aliphatic heterocycles. The topological polar surface area (TPSA) is 78.9 Å². The van der Waals surface area contributed by atoms with Crippen LogP contribution in [-0.4, -0.2) is 37.2 Å². The van der Waals surface area contributed by atoms with Crippen molar-refractivity contribution >= 4 is 17.9 Å². The van der Waals surface area contributed by atoms with Crippen LogP contribution in [0.5, 0.6) is 0 Å². The largest absolute Gasteiger partial charge is 0.462 e. The lowest BCUT2D eigenvalue weighted by Crippen LogP contribution is -2.30. The Morgan fingerprint density at radius 3 is 0.683 bits per heavy atom. The Kier molecular flexibility index (Phi) is 68.6. The first-order valence-electron chi connectivity index (χ1n) is 36.6. The van der Waals surface area contributed by atoms with Crippen LogP contribution < -0.4 is 0 Å². The average molecular weight is 1150 g/mol. The molecule has 0 N–H and O–H groups in total. The number of carbonyl (C=O) groups is 3. The first-order valence-corrected chi connectivity index (χ1v) is 36.6. The highest BCUT2D eigenvalue weighted by atomic mass is 16.6. The van der Waals surface area contributed by atoms with Crippen LogP contribution in [-0.2, 0) is 28.6 Å². The summed E-state index contributed by atoms with van der Waals surface area (Å²) in [5, 5.41) is 0. The van der Waals surface area contributed by atoms with E-state index in [0.29, 0.717) is 19.3 Å². The normalized spacial score (nSPS) is 12.3. The lowest BCUT2D eigenvalue weighted by Gasteiger charge is -2.18. The van der Waals surface area contributed by atoms with E-state index in [1.165, 1.54) is 276 Å². The van der Waals surface area contributed by atoms with E-state index >= 15 is 0 Å². The van der Waals surface area contributed by atoms with Gasteiger partial charge >= 0.3 is 17.9 Å². The standard InChI is InChI=1S/C76H140O6/c1-4-7-10-13-16-19-22-25-28-31-33-35-37-38-40-41-43-45-48-51-54-57-60-63-66-69-75(78)81-72-73(71-80-74(77)68-65-62-59-56-53-50-47-30-27-24-21-18-15-12-9-6-3)82-76(79)70-67-64-61-58-55-52-49-46-44-42-39-36-34-32-29-26-23-20-17-14-11-8-5-2/h21-22,24-25,30-31,33,47,73H,4-20,23,26-29,32,34-46,48-72H2,1-3H3/b24-21-,25-22-,33-31-,47-30-. The van der Waals surface area contributed by atoms with E-state index in [1.807, 2.05) is 0 Å². The molecule has 480 valence electrons. The Hall–Kier alpha value is -2.63. The number of unbranched alkanes of at least 4 members (excludes halogenated alkanes) is 49. The molecule has 6 heteroatoms. The molecule has 0 aliphatic carbocycles. The van der Waals surface area contributed by atoms with Gasteiger partial charge in [0, 0.05) is 19.3 Å². The van der Waals surface area contributed by atoms with Crippen LogP contribution in [0, 0.1) is 0 Å². The van der Waals surface area contributed by atoms with Crippen LogP contribution in [0.15, 0.2) is 48.6 Å². The SMILES string of the molecule is CCCCCC/C=C\C/C=C\CCCCCCCC(=O)OCC(COC(=O)CCCCCCCCCCCCCCC/C=C\C/C=C\CCCCCCC)OC(=O)CCCCCCCCCCCCCCCCCCCCCCCCC. The van der Waals surface area contributed by atoms with Crippen molar-refractivity contribution in [2.75, 3.05) is 13.2 Å². The van der Waals surface area contributed by atoms with E-state index in [9.17, 15) is 14.4 Å². The maximum absolute atomic E-state index is 13.0. The first kappa shape index (κ1) is 79.4. The molecule has 82 heavy (non-hydrogen) atoms. The molecule has 0 aromatic carbocycles. The fraction of sp³-hybridized carbons (Fsp3) is 0.855. The van der Waals surface area contributed by atoms with E-state index in [-0.39, 0.29) is 31.1 Å². The number of hydrogen-bond donors (Lipinski definition) is 0. The predicted octanol–water partition coefficient (Wildman–Crippen LogP) is 25.3. The van der Waals surface area contributed by atoms with Crippen LogP contribution in [0.2, 0.25) is 0 Å². The lowest BCUT2D eigenvalue weighted by atomic mass is 10.0. The maximum atomic E-state index is 13.0. The maximum Gasteiger partial charge on any atom is 0.306 e. The molecule has 1 unspecified atom stereocenters. The summed E-state index contributed by atoms with van der Waals surface area (Å²) in [6.45, 7) is 6.68. The minimum atomic E-state index is -0.779. The van der Waals surface area contributed by atoms with Crippen molar-refractivity contribution in [3.63, 3.8) is 0 Å². The summed E-state index contributed by atoms with van der Waals surface area (Å²) in [7, 11) is 0. The zero-order chi connectivity index (χ0) is 59.2. The van der Waals surface area contributed by atoms with Gasteiger partial charge in [-0.3, -0.25) is 14.4 Å². The molecule has 0 radical (unpaired) electrons. The molecular weight excluding hydrogens is 1010 g/mol. The Labute approximate surface area is 511 Å². The molecule has 0 saturated heterocycles. The van der Waals surface area contributed by atoms with Crippen molar-refractivity contribution in [3.8, 4) is 0 Å². The molecule has 6 nitrogen and oxygen atoms in total. The van der Waals surface area contributed by atoms with Crippen molar-refractivity contribution in [1.29, 1.82) is 0 Å². The monoisotopic (exact) mass is 1150 g/mol. The number of carbonyl (C=O) groups excluding carboxylic acids is 3. The van der Waals surface area contributed by atoms with Gasteiger partial charge in [0.1, 0.15) is 13.2 Å². The summed E-state index contributed by atoms with van der Waals surface area (Å²) >= 11 is 0. The molecular formula is C76H140O6. The third-order valence-electron chi connectivity index (χ3n) is 16.6. The summed E-state index contributed by atoms with van der Waals surface area (Å²) in [5.74, 6) is -0.859. The molecule has 0 aliphatic rings. The molecule has 1 atom stereocenters. The van der Waals surface area contributed by atoms with Crippen LogP contribution in [0.1, 0.15) is 400 Å². The zero-order valence-electron chi connectivity index (χ0n) is 55.3. The lowest BCUT2D eigenvalue weighted by molar-refractivity contribution is -0.167. The minimum Gasteiger partial charge on any atom is -0.462 e. The van der Waals surface area contributed by atoms with Crippen molar-refractivity contribution in [3.05, 3.63) is 48.6 Å². The fourth-order valence-electron chi connectivity index (χ4n) is 11.0. The van der Waals surface area contributed by atoms with Crippen molar-refractivity contribution in [2.45, 2.75) is 406 Å². The van der Waals surface area contributed by atoms with E-state index in [2.05, 4.69) is 69.4 Å². The van der Waals surface area contributed by atoms with Gasteiger partial charge in [0.05, 0.1) is 0 Å². The molecule has 0 heterocycles. The first-order chi connectivity index (χ1) is 40.5. The van der Waals surface area contributed by atoms with Gasteiger partial charge in [0.15, 0.2) is 6.10 Å². The van der Waals surface area contributed by atoms with Crippen LogP contribution in [0.3, 0.4) is 0 Å². The molecule has 0 aromatic rings. The van der Waals surface area contributed by atoms with Crippen LogP contribution >= 0.6 is 0 Å². The number of ether oxygens (including phenoxy) is 3. The van der Waals surface area contributed by atoms with Crippen molar-refractivity contribution in [1.82, 2.24) is 0 Å². The van der Waals surface area contributed by atoms with Gasteiger partial charge in [-0.2, -0.15) is 0 Å². The molecule has 0 aromatic heterocycles. The van der Waals surface area contributed by atoms with Gasteiger partial charge in [0.25, 0.3) is 0 Å². The number of hydrogen-bond acceptors (Lipinski definition) is 6. The molecule has 0 amide bonds. The highest BCUT2D eigenvalue weighted by Crippen LogP contribution is 2.19. The average Bonchev–Trinajstić information content (AvgIpc) is 3.48. The second-order valence-electron chi connectivity index (χ2n) is 24.9. The molecule has 0 fully saturated rings. The summed E-state index contributed by atoms with van der Waals surface area (Å²) in [6, 6.07) is 0. The van der Waals surface area contributed by atoms with Gasteiger partial charge in [-0.1, -0.05) is 345 Å². The fourth-order valence-corrected chi connectivity index (χ4v) is 11.0. The third kappa shape index (κ3) is 68.2. The van der Waals surface area contributed by atoms with Crippen LogP contribution in [0.25, 0.3) is 0 Å². The van der Waals surface area contributed by atoms with E-state index < -0.39 is 6.10 Å². The van der Waals surface area contributed by atoms with Gasteiger partial charge in [-0.15, -0.1) is 0 Å². The predicted molar refractivity (Wildman–Crippen MR) is 358 cm³/mol. The highest BCUT2D eigenvalue weighted by Gasteiger charge is 2.19. The van der Waals surface area contributed by atoms with Gasteiger partial charge in [-0.25, -0.2) is 0 Å². The number of esters is 3. The Morgan fingerprint density at radius 2 is 0.439 bits per heavy atom. The highest BCUT2D eigenvalue weighted by molar-refractivity contribution is 5.71. The minimum absolute atomic E-state index is 0.0736. The van der Waals surface area contributed by atoms with Gasteiger partial charge in [0.2, 0.25) is 0 Å². The summed E-state index contributed by atoms with van der Waals surface area (Å²) < 4.78 is 17.0.